The van der Waals surface area contributed by atoms with Crippen molar-refractivity contribution >= 4 is 5.97 Å². The fourth-order valence-electron chi connectivity index (χ4n) is 1.77. The molecule has 1 aliphatic rings. The largest absolute Gasteiger partial charge is 0.465 e. The molecule has 0 saturated heterocycles. The lowest BCUT2D eigenvalue weighted by atomic mass is 10.1. The molecule has 1 aromatic rings. The number of halogens is 1. The summed E-state index contributed by atoms with van der Waals surface area (Å²) >= 11 is 0. The number of esters is 1. The number of methoxy groups -OCH3 is 1. The van der Waals surface area contributed by atoms with Gasteiger partial charge in [-0.25, -0.2) is 9.18 Å². The summed E-state index contributed by atoms with van der Waals surface area (Å²) in [7, 11) is 1.23. The molecule has 0 N–H and O–H groups in total. The first kappa shape index (κ1) is 13.0. The van der Waals surface area contributed by atoms with E-state index in [-0.39, 0.29) is 5.56 Å². The molecule has 0 spiro atoms. The van der Waals surface area contributed by atoms with Crippen LogP contribution in [-0.4, -0.2) is 19.7 Å². The van der Waals surface area contributed by atoms with Gasteiger partial charge in [0.2, 0.25) is 0 Å². The van der Waals surface area contributed by atoms with Crippen LogP contribution < -0.4 is 0 Å². The minimum atomic E-state index is -0.659. The monoisotopic (exact) mass is 252 g/mol. The van der Waals surface area contributed by atoms with Gasteiger partial charge < -0.3 is 9.47 Å². The van der Waals surface area contributed by atoms with E-state index in [4.69, 9.17) is 4.74 Å². The van der Waals surface area contributed by atoms with Crippen molar-refractivity contribution in [2.75, 3.05) is 13.7 Å². The second-order valence-corrected chi connectivity index (χ2v) is 4.59. The zero-order valence-corrected chi connectivity index (χ0v) is 10.4. The molecule has 2 rings (SSSR count). The maximum atomic E-state index is 13.6. The summed E-state index contributed by atoms with van der Waals surface area (Å²) in [5.74, 6) is -0.387. The highest BCUT2D eigenvalue weighted by Crippen LogP contribution is 2.32. The zero-order chi connectivity index (χ0) is 13.0. The molecule has 0 amide bonds. The minimum absolute atomic E-state index is 0.0424. The summed E-state index contributed by atoms with van der Waals surface area (Å²) in [5.41, 5.74) is 0.690. The number of hydrogen-bond donors (Lipinski definition) is 0. The van der Waals surface area contributed by atoms with Gasteiger partial charge in [-0.2, -0.15) is 0 Å². The van der Waals surface area contributed by atoms with Crippen molar-refractivity contribution in [3.05, 3.63) is 35.1 Å². The molecule has 18 heavy (non-hydrogen) atoms. The first-order valence-corrected chi connectivity index (χ1v) is 6.15. The quantitative estimate of drug-likeness (QED) is 0.577. The molecule has 0 bridgehead atoms. The van der Waals surface area contributed by atoms with Crippen LogP contribution in [0, 0.1) is 11.7 Å². The third kappa shape index (κ3) is 3.53. The molecule has 0 aliphatic heterocycles. The maximum absolute atomic E-state index is 13.6. The summed E-state index contributed by atoms with van der Waals surface area (Å²) < 4.78 is 23.5. The third-order valence-corrected chi connectivity index (χ3v) is 3.07. The Labute approximate surface area is 106 Å². The van der Waals surface area contributed by atoms with E-state index in [2.05, 4.69) is 4.74 Å². The maximum Gasteiger partial charge on any atom is 0.340 e. The van der Waals surface area contributed by atoms with Crippen molar-refractivity contribution in [1.29, 1.82) is 0 Å². The van der Waals surface area contributed by atoms with E-state index in [1.807, 2.05) is 0 Å². The van der Waals surface area contributed by atoms with Gasteiger partial charge in [0.05, 0.1) is 19.3 Å². The van der Waals surface area contributed by atoms with Crippen LogP contribution in [0.3, 0.4) is 0 Å². The van der Waals surface area contributed by atoms with E-state index in [0.717, 1.165) is 17.9 Å². The first-order chi connectivity index (χ1) is 8.70. The SMILES string of the molecule is COC(=O)c1ccc(COCCC2CC2)cc1F. The Bertz CT molecular complexity index is 427. The molecule has 98 valence electrons. The van der Waals surface area contributed by atoms with E-state index < -0.39 is 11.8 Å². The Morgan fingerprint density at radius 1 is 1.44 bits per heavy atom. The second kappa shape index (κ2) is 5.96. The molecule has 0 unspecified atom stereocenters. The van der Waals surface area contributed by atoms with Crippen LogP contribution in [0.4, 0.5) is 4.39 Å². The second-order valence-electron chi connectivity index (χ2n) is 4.59. The highest BCUT2D eigenvalue weighted by atomic mass is 19.1. The predicted molar refractivity (Wildman–Crippen MR) is 64.7 cm³/mol. The number of hydrogen-bond acceptors (Lipinski definition) is 3. The lowest BCUT2D eigenvalue weighted by Crippen LogP contribution is -2.05. The fourth-order valence-corrected chi connectivity index (χ4v) is 1.77. The summed E-state index contributed by atoms with van der Waals surface area (Å²) in [5, 5.41) is 0. The van der Waals surface area contributed by atoms with Gasteiger partial charge in [-0.05, 0) is 30.0 Å². The number of rotatable bonds is 6. The number of ether oxygens (including phenoxy) is 2. The van der Waals surface area contributed by atoms with Crippen LogP contribution in [-0.2, 0) is 16.1 Å². The van der Waals surface area contributed by atoms with E-state index >= 15 is 0 Å². The van der Waals surface area contributed by atoms with Crippen LogP contribution in [0.15, 0.2) is 18.2 Å². The van der Waals surface area contributed by atoms with Crippen molar-refractivity contribution in [3.8, 4) is 0 Å². The molecule has 3 nitrogen and oxygen atoms in total. The molecule has 1 aromatic carbocycles. The molecule has 1 saturated carbocycles. The lowest BCUT2D eigenvalue weighted by Gasteiger charge is -2.06. The van der Waals surface area contributed by atoms with E-state index in [9.17, 15) is 9.18 Å². The van der Waals surface area contributed by atoms with Crippen LogP contribution in [0.1, 0.15) is 35.2 Å². The Balaban J connectivity index is 1.85. The van der Waals surface area contributed by atoms with Crippen molar-refractivity contribution < 1.29 is 18.7 Å². The van der Waals surface area contributed by atoms with Crippen molar-refractivity contribution in [2.24, 2.45) is 5.92 Å². The molecule has 0 heterocycles. The molecular formula is C14H17FO3. The number of benzene rings is 1. The topological polar surface area (TPSA) is 35.5 Å². The highest BCUT2D eigenvalue weighted by molar-refractivity contribution is 5.89. The average Bonchev–Trinajstić information content (AvgIpc) is 3.18. The van der Waals surface area contributed by atoms with Gasteiger partial charge in [0.15, 0.2) is 0 Å². The molecule has 1 aliphatic carbocycles. The van der Waals surface area contributed by atoms with Gasteiger partial charge in [0, 0.05) is 6.61 Å². The van der Waals surface area contributed by atoms with Crippen molar-refractivity contribution in [1.82, 2.24) is 0 Å². The van der Waals surface area contributed by atoms with Crippen LogP contribution >= 0.6 is 0 Å². The van der Waals surface area contributed by atoms with E-state index in [1.54, 1.807) is 6.07 Å². The van der Waals surface area contributed by atoms with Gasteiger partial charge in [0.1, 0.15) is 5.82 Å². The summed E-state index contributed by atoms with van der Waals surface area (Å²) in [6, 6.07) is 4.44. The van der Waals surface area contributed by atoms with Gasteiger partial charge in [-0.3, -0.25) is 0 Å². The van der Waals surface area contributed by atoms with Crippen LogP contribution in [0.25, 0.3) is 0 Å². The van der Waals surface area contributed by atoms with Gasteiger partial charge in [-0.15, -0.1) is 0 Å². The van der Waals surface area contributed by atoms with Gasteiger partial charge >= 0.3 is 5.97 Å². The fraction of sp³-hybridized carbons (Fsp3) is 0.500. The lowest BCUT2D eigenvalue weighted by molar-refractivity contribution is 0.0595. The molecule has 0 radical (unpaired) electrons. The third-order valence-electron chi connectivity index (χ3n) is 3.07. The summed E-state index contributed by atoms with van der Waals surface area (Å²) in [4.78, 5) is 11.2. The molecule has 0 aromatic heterocycles. The van der Waals surface area contributed by atoms with Crippen molar-refractivity contribution in [2.45, 2.75) is 25.9 Å². The summed E-state index contributed by atoms with van der Waals surface area (Å²) in [6.07, 6.45) is 3.71. The normalized spacial score (nSPS) is 14.6. The zero-order valence-electron chi connectivity index (χ0n) is 10.4. The number of carbonyl (C=O) groups is 1. The first-order valence-electron chi connectivity index (χ1n) is 6.15. The number of carbonyl (C=O) groups excluding carboxylic acids is 1. The molecule has 1 fully saturated rings. The van der Waals surface area contributed by atoms with Gasteiger partial charge in [0.25, 0.3) is 0 Å². The standard InChI is InChI=1S/C14H17FO3/c1-17-14(16)12-5-4-11(8-13(12)15)9-18-7-6-10-2-3-10/h4-5,8,10H,2-3,6-7,9H2,1H3. The minimum Gasteiger partial charge on any atom is -0.465 e. The van der Waals surface area contributed by atoms with Crippen molar-refractivity contribution in [3.63, 3.8) is 0 Å². The Morgan fingerprint density at radius 3 is 2.83 bits per heavy atom. The Kier molecular flexibility index (Phi) is 4.31. The predicted octanol–water partition coefficient (Wildman–Crippen LogP) is 2.93. The van der Waals surface area contributed by atoms with Crippen LogP contribution in [0.5, 0.6) is 0 Å². The van der Waals surface area contributed by atoms with Gasteiger partial charge in [-0.1, -0.05) is 18.9 Å². The Hall–Kier alpha value is -1.42. The van der Waals surface area contributed by atoms with E-state index in [1.165, 1.54) is 32.1 Å². The molecular weight excluding hydrogens is 235 g/mol. The van der Waals surface area contributed by atoms with E-state index in [0.29, 0.717) is 13.2 Å². The summed E-state index contributed by atoms with van der Waals surface area (Å²) in [6.45, 7) is 1.09. The molecule has 4 heteroatoms. The average molecular weight is 252 g/mol. The smallest absolute Gasteiger partial charge is 0.340 e. The molecule has 0 atom stereocenters. The highest BCUT2D eigenvalue weighted by Gasteiger charge is 2.20. The van der Waals surface area contributed by atoms with Crippen LogP contribution in [0.2, 0.25) is 0 Å². The Morgan fingerprint density at radius 2 is 2.22 bits per heavy atom.